The Balaban J connectivity index is 2.21. The van der Waals surface area contributed by atoms with E-state index in [-0.39, 0.29) is 30.2 Å². The first-order chi connectivity index (χ1) is 9.25. The molecule has 0 aliphatic carbocycles. The molecule has 1 aliphatic heterocycles. The molecule has 2 heterocycles. The molecule has 1 aliphatic rings. The normalized spacial score (nSPS) is 22.1. The van der Waals surface area contributed by atoms with E-state index in [1.54, 1.807) is 0 Å². The molecular formula is C11H14ClF3N2O2S. The van der Waals surface area contributed by atoms with Gasteiger partial charge in [0, 0.05) is 25.0 Å². The lowest BCUT2D eigenvalue weighted by molar-refractivity contribution is -0.182. The average molecular weight is 331 g/mol. The van der Waals surface area contributed by atoms with E-state index in [2.05, 4.69) is 4.98 Å². The van der Waals surface area contributed by atoms with Crippen molar-refractivity contribution in [2.75, 3.05) is 13.1 Å². The fourth-order valence-electron chi connectivity index (χ4n) is 2.22. The lowest BCUT2D eigenvalue weighted by Crippen LogP contribution is -2.44. The minimum atomic E-state index is -4.37. The second kappa shape index (κ2) is 5.57. The van der Waals surface area contributed by atoms with Crippen LogP contribution in [-0.2, 0) is 15.9 Å². The first-order valence-corrected chi connectivity index (χ1v) is 8.02. The van der Waals surface area contributed by atoms with Gasteiger partial charge in [-0.2, -0.15) is 17.5 Å². The van der Waals surface area contributed by atoms with Gasteiger partial charge in [-0.25, -0.2) is 8.42 Å². The topological polar surface area (TPSA) is 53.2 Å². The summed E-state index contributed by atoms with van der Waals surface area (Å²) in [7, 11) is -3.90. The number of rotatable bonds is 3. The van der Waals surface area contributed by atoms with Gasteiger partial charge in [0.1, 0.15) is 0 Å². The molecule has 1 aromatic heterocycles. The highest BCUT2D eigenvalue weighted by molar-refractivity contribution is 7.89. The van der Waals surface area contributed by atoms with Crippen molar-refractivity contribution in [3.63, 3.8) is 0 Å². The van der Waals surface area contributed by atoms with Gasteiger partial charge in [-0.05, 0) is 18.9 Å². The van der Waals surface area contributed by atoms with Gasteiger partial charge in [0.05, 0.1) is 16.7 Å². The van der Waals surface area contributed by atoms with Crippen molar-refractivity contribution in [3.05, 3.63) is 18.0 Å². The predicted octanol–water partition coefficient (Wildman–Crippen LogP) is 2.72. The Kier molecular flexibility index (Phi) is 4.36. The molecule has 0 saturated carbocycles. The number of nitrogens with one attached hydrogen (secondary N) is 1. The summed E-state index contributed by atoms with van der Waals surface area (Å²) in [6, 6.07) is 1.35. The Labute approximate surface area is 120 Å². The molecule has 1 aromatic rings. The monoisotopic (exact) mass is 330 g/mol. The first kappa shape index (κ1) is 15.7. The van der Waals surface area contributed by atoms with Crippen LogP contribution in [0.5, 0.6) is 0 Å². The smallest absolute Gasteiger partial charge is 0.363 e. The lowest BCUT2D eigenvalue weighted by atomic mass is 9.99. The average Bonchev–Trinajstić information content (AvgIpc) is 2.87. The number of piperidine rings is 1. The van der Waals surface area contributed by atoms with Gasteiger partial charge in [0.2, 0.25) is 10.0 Å². The summed E-state index contributed by atoms with van der Waals surface area (Å²) in [5, 5.41) is 0. The van der Waals surface area contributed by atoms with Crippen molar-refractivity contribution in [1.29, 1.82) is 0 Å². The van der Waals surface area contributed by atoms with Gasteiger partial charge in [0.15, 0.2) is 0 Å². The van der Waals surface area contributed by atoms with Crippen molar-refractivity contribution in [2.45, 2.75) is 29.8 Å². The number of H-pyrrole nitrogens is 1. The van der Waals surface area contributed by atoms with Crippen LogP contribution in [0.1, 0.15) is 18.5 Å². The maximum Gasteiger partial charge on any atom is 0.393 e. The number of hydrogen-bond acceptors (Lipinski definition) is 2. The molecule has 1 unspecified atom stereocenters. The third kappa shape index (κ3) is 3.12. The summed E-state index contributed by atoms with van der Waals surface area (Å²) in [5.74, 6) is -1.49. The number of sulfonamides is 1. The number of aromatic amines is 1. The minimum Gasteiger partial charge on any atom is -0.363 e. The third-order valence-electron chi connectivity index (χ3n) is 3.35. The van der Waals surface area contributed by atoms with Gasteiger partial charge in [-0.1, -0.05) is 0 Å². The minimum absolute atomic E-state index is 0.0322. The number of aromatic nitrogens is 1. The van der Waals surface area contributed by atoms with Crippen molar-refractivity contribution < 1.29 is 21.6 Å². The van der Waals surface area contributed by atoms with Crippen LogP contribution < -0.4 is 0 Å². The van der Waals surface area contributed by atoms with Crippen LogP contribution in [0.4, 0.5) is 13.2 Å². The van der Waals surface area contributed by atoms with Crippen LogP contribution in [0.15, 0.2) is 17.2 Å². The number of alkyl halides is 4. The van der Waals surface area contributed by atoms with E-state index in [1.165, 1.54) is 12.3 Å². The van der Waals surface area contributed by atoms with E-state index in [0.717, 1.165) is 4.31 Å². The molecular weight excluding hydrogens is 317 g/mol. The zero-order chi connectivity index (χ0) is 15.0. The largest absolute Gasteiger partial charge is 0.393 e. The summed E-state index contributed by atoms with van der Waals surface area (Å²) >= 11 is 5.57. The molecule has 4 nitrogen and oxygen atoms in total. The first-order valence-electron chi connectivity index (χ1n) is 6.05. The second-order valence-electron chi connectivity index (χ2n) is 4.74. The molecule has 2 rings (SSSR count). The van der Waals surface area contributed by atoms with Crippen molar-refractivity contribution in [2.24, 2.45) is 5.92 Å². The quantitative estimate of drug-likeness (QED) is 0.866. The molecule has 20 heavy (non-hydrogen) atoms. The Morgan fingerprint density at radius 3 is 2.70 bits per heavy atom. The summed E-state index contributed by atoms with van der Waals surface area (Å²) in [5.41, 5.74) is 0.509. The van der Waals surface area contributed by atoms with E-state index in [4.69, 9.17) is 11.6 Å². The van der Waals surface area contributed by atoms with Crippen molar-refractivity contribution >= 4 is 21.6 Å². The Bertz CT molecular complexity index is 570. The van der Waals surface area contributed by atoms with E-state index in [9.17, 15) is 21.6 Å². The highest BCUT2D eigenvalue weighted by atomic mass is 35.5. The fourth-order valence-corrected chi connectivity index (χ4v) is 3.92. The Morgan fingerprint density at radius 1 is 1.45 bits per heavy atom. The van der Waals surface area contributed by atoms with E-state index >= 15 is 0 Å². The summed E-state index contributed by atoms with van der Waals surface area (Å²) in [6.07, 6.45) is -2.94. The van der Waals surface area contributed by atoms with Crippen LogP contribution in [0.2, 0.25) is 0 Å². The van der Waals surface area contributed by atoms with Crippen LogP contribution >= 0.6 is 11.6 Å². The van der Waals surface area contributed by atoms with Crippen LogP contribution in [0.25, 0.3) is 0 Å². The molecule has 0 bridgehead atoms. The summed E-state index contributed by atoms with van der Waals surface area (Å²) in [6.45, 7) is -0.413. The molecule has 9 heteroatoms. The highest BCUT2D eigenvalue weighted by Gasteiger charge is 2.44. The maximum atomic E-state index is 12.7. The highest BCUT2D eigenvalue weighted by Crippen LogP contribution is 2.35. The van der Waals surface area contributed by atoms with E-state index in [1.807, 2.05) is 0 Å². The summed E-state index contributed by atoms with van der Waals surface area (Å²) < 4.78 is 63.6. The van der Waals surface area contributed by atoms with Gasteiger partial charge in [-0.3, -0.25) is 0 Å². The SMILES string of the molecule is O=S(=O)(c1c[nH]c(CCl)c1)N1CCCC(C(F)(F)F)C1. The fraction of sp³-hybridized carbons (Fsp3) is 0.636. The molecule has 0 aromatic carbocycles. The predicted molar refractivity (Wildman–Crippen MR) is 67.9 cm³/mol. The summed E-state index contributed by atoms with van der Waals surface area (Å²) in [4.78, 5) is 2.64. The third-order valence-corrected chi connectivity index (χ3v) is 5.48. The van der Waals surface area contributed by atoms with Gasteiger partial charge in [0.25, 0.3) is 0 Å². The van der Waals surface area contributed by atoms with Crippen LogP contribution in [0.3, 0.4) is 0 Å². The zero-order valence-electron chi connectivity index (χ0n) is 10.5. The zero-order valence-corrected chi connectivity index (χ0v) is 12.0. The van der Waals surface area contributed by atoms with Gasteiger partial charge in [-0.15, -0.1) is 11.6 Å². The molecule has 0 amide bonds. The molecule has 0 radical (unpaired) electrons. The van der Waals surface area contributed by atoms with Crippen LogP contribution in [0, 0.1) is 5.92 Å². The molecule has 0 spiro atoms. The lowest BCUT2D eigenvalue weighted by Gasteiger charge is -2.32. The van der Waals surface area contributed by atoms with E-state index < -0.39 is 28.7 Å². The van der Waals surface area contributed by atoms with Crippen LogP contribution in [-0.4, -0.2) is 37.0 Å². The number of halogens is 4. The molecule has 1 saturated heterocycles. The van der Waals surface area contributed by atoms with E-state index in [0.29, 0.717) is 5.69 Å². The van der Waals surface area contributed by atoms with Gasteiger partial charge < -0.3 is 4.98 Å². The number of nitrogens with zero attached hydrogens (tertiary/aromatic N) is 1. The molecule has 1 fully saturated rings. The second-order valence-corrected chi connectivity index (χ2v) is 6.94. The standard InChI is InChI=1S/C11H14ClF3N2O2S/c12-5-9-4-10(6-16-9)20(18,19)17-3-1-2-8(7-17)11(13,14)15/h4,6,8,16H,1-3,5,7H2. The van der Waals surface area contributed by atoms with Crippen molar-refractivity contribution in [1.82, 2.24) is 9.29 Å². The molecule has 1 atom stereocenters. The maximum absolute atomic E-state index is 12.7. The Hall–Kier alpha value is -0.730. The number of hydrogen-bond donors (Lipinski definition) is 1. The Morgan fingerprint density at radius 2 is 2.15 bits per heavy atom. The molecule has 1 N–H and O–H groups in total. The van der Waals surface area contributed by atoms with Gasteiger partial charge >= 0.3 is 6.18 Å². The van der Waals surface area contributed by atoms with Crippen molar-refractivity contribution in [3.8, 4) is 0 Å². The molecule has 114 valence electrons.